The molecule has 3 heteroatoms. The van der Waals surface area contributed by atoms with Crippen molar-refractivity contribution in [2.45, 2.75) is 13.3 Å². The van der Waals surface area contributed by atoms with Crippen molar-refractivity contribution in [2.75, 3.05) is 0 Å². The average molecular weight is 229 g/mol. The first kappa shape index (κ1) is 11.5. The van der Waals surface area contributed by atoms with E-state index in [1.54, 1.807) is 6.20 Å². The molecule has 0 aliphatic carbocycles. The number of carbonyl (C=O) groups excluding carboxylic acids is 1. The molecule has 0 unspecified atom stereocenters. The fourth-order valence-electron chi connectivity index (χ4n) is 1.51. The number of benzene rings is 1. The van der Waals surface area contributed by atoms with Crippen LogP contribution in [0.5, 0.6) is 0 Å². The van der Waals surface area contributed by atoms with Crippen LogP contribution in [0.3, 0.4) is 0 Å². The Balaban J connectivity index is 2.11. The molecule has 17 heavy (non-hydrogen) atoms. The van der Waals surface area contributed by atoms with Gasteiger partial charge in [-0.2, -0.15) is 0 Å². The third kappa shape index (κ3) is 2.97. The van der Waals surface area contributed by atoms with Crippen LogP contribution in [0.4, 0.5) is 4.39 Å². The van der Waals surface area contributed by atoms with Gasteiger partial charge in [-0.3, -0.25) is 9.78 Å². The van der Waals surface area contributed by atoms with Crippen LogP contribution in [0.2, 0.25) is 0 Å². The van der Waals surface area contributed by atoms with Gasteiger partial charge >= 0.3 is 0 Å². The number of hydrogen-bond acceptors (Lipinski definition) is 2. The zero-order valence-corrected chi connectivity index (χ0v) is 9.48. The van der Waals surface area contributed by atoms with Gasteiger partial charge in [0, 0.05) is 17.5 Å². The van der Waals surface area contributed by atoms with E-state index in [0.29, 0.717) is 5.56 Å². The van der Waals surface area contributed by atoms with Gasteiger partial charge < -0.3 is 0 Å². The highest BCUT2D eigenvalue weighted by Gasteiger charge is 2.07. The molecular weight excluding hydrogens is 217 g/mol. The quantitative estimate of drug-likeness (QED) is 0.757. The fraction of sp³-hybridized carbons (Fsp3) is 0.143. The first-order valence-electron chi connectivity index (χ1n) is 5.35. The Kier molecular flexibility index (Phi) is 3.28. The van der Waals surface area contributed by atoms with Crippen molar-refractivity contribution in [3.8, 4) is 0 Å². The lowest BCUT2D eigenvalue weighted by Gasteiger charge is -2.01. The molecule has 1 aromatic carbocycles. The van der Waals surface area contributed by atoms with E-state index in [1.807, 2.05) is 19.1 Å². The third-order valence-corrected chi connectivity index (χ3v) is 2.48. The molecule has 0 aliphatic heterocycles. The van der Waals surface area contributed by atoms with E-state index in [4.69, 9.17) is 0 Å². The zero-order chi connectivity index (χ0) is 12.3. The highest BCUT2D eigenvalue weighted by Crippen LogP contribution is 2.08. The first-order valence-corrected chi connectivity index (χ1v) is 5.35. The van der Waals surface area contributed by atoms with Gasteiger partial charge in [-0.1, -0.05) is 6.07 Å². The number of aromatic nitrogens is 1. The normalized spacial score (nSPS) is 10.2. The number of pyridine rings is 1. The summed E-state index contributed by atoms with van der Waals surface area (Å²) in [5, 5.41) is 0. The van der Waals surface area contributed by atoms with Crippen molar-refractivity contribution in [3.63, 3.8) is 0 Å². The summed E-state index contributed by atoms with van der Waals surface area (Å²) in [6.07, 6.45) is 1.97. The lowest BCUT2D eigenvalue weighted by Crippen LogP contribution is -2.05. The number of nitrogens with zero attached hydrogens (tertiary/aromatic N) is 1. The molecule has 0 fully saturated rings. The predicted molar refractivity (Wildman–Crippen MR) is 63.4 cm³/mol. The van der Waals surface area contributed by atoms with E-state index in [-0.39, 0.29) is 18.0 Å². The molecule has 0 saturated carbocycles. The summed E-state index contributed by atoms with van der Waals surface area (Å²) in [5.41, 5.74) is 2.29. The predicted octanol–water partition coefficient (Wildman–Crippen LogP) is 2.95. The molecule has 2 nitrogen and oxygen atoms in total. The molecular formula is C14H12FNO. The van der Waals surface area contributed by atoms with E-state index in [2.05, 4.69) is 4.98 Å². The maximum absolute atomic E-state index is 12.7. The fourth-order valence-corrected chi connectivity index (χ4v) is 1.51. The Labute approximate surface area is 99.1 Å². The summed E-state index contributed by atoms with van der Waals surface area (Å²) in [6.45, 7) is 1.94. The standard InChI is InChI=1S/C14H12FNO/c1-10-2-7-13(16-9-10)8-14(17)11-3-5-12(15)6-4-11/h2-7,9H,8H2,1H3. The maximum atomic E-state index is 12.7. The van der Waals surface area contributed by atoms with Crippen molar-refractivity contribution in [3.05, 3.63) is 65.2 Å². The minimum atomic E-state index is -0.338. The van der Waals surface area contributed by atoms with Crippen molar-refractivity contribution < 1.29 is 9.18 Å². The minimum absolute atomic E-state index is 0.0543. The van der Waals surface area contributed by atoms with Crippen molar-refractivity contribution >= 4 is 5.78 Å². The average Bonchev–Trinajstić information content (AvgIpc) is 2.33. The van der Waals surface area contributed by atoms with E-state index >= 15 is 0 Å². The molecule has 1 heterocycles. The van der Waals surface area contributed by atoms with Crippen LogP contribution in [0.1, 0.15) is 21.6 Å². The SMILES string of the molecule is Cc1ccc(CC(=O)c2ccc(F)cc2)nc1. The lowest BCUT2D eigenvalue weighted by atomic mass is 10.1. The van der Waals surface area contributed by atoms with Gasteiger partial charge in [0.15, 0.2) is 5.78 Å². The van der Waals surface area contributed by atoms with Crippen LogP contribution in [0.15, 0.2) is 42.6 Å². The number of carbonyl (C=O) groups is 1. The second kappa shape index (κ2) is 4.87. The maximum Gasteiger partial charge on any atom is 0.168 e. The Bertz CT molecular complexity index is 517. The second-order valence-corrected chi connectivity index (χ2v) is 3.93. The molecule has 2 aromatic rings. The number of hydrogen-bond donors (Lipinski definition) is 0. The monoisotopic (exact) mass is 229 g/mol. The van der Waals surface area contributed by atoms with E-state index in [1.165, 1.54) is 24.3 Å². The van der Waals surface area contributed by atoms with Crippen LogP contribution >= 0.6 is 0 Å². The topological polar surface area (TPSA) is 30.0 Å². The van der Waals surface area contributed by atoms with Crippen LogP contribution in [0, 0.1) is 12.7 Å². The highest BCUT2D eigenvalue weighted by atomic mass is 19.1. The number of rotatable bonds is 3. The number of aryl methyl sites for hydroxylation is 1. The molecule has 0 saturated heterocycles. The first-order chi connectivity index (χ1) is 8.15. The van der Waals surface area contributed by atoms with Gasteiger partial charge in [-0.05, 0) is 42.8 Å². The summed E-state index contributed by atoms with van der Waals surface area (Å²) in [6, 6.07) is 9.31. The molecule has 2 rings (SSSR count). The van der Waals surface area contributed by atoms with Gasteiger partial charge in [-0.25, -0.2) is 4.39 Å². The second-order valence-electron chi connectivity index (χ2n) is 3.93. The zero-order valence-electron chi connectivity index (χ0n) is 9.48. The Morgan fingerprint density at radius 3 is 2.47 bits per heavy atom. The summed E-state index contributed by atoms with van der Waals surface area (Å²) in [4.78, 5) is 16.0. The van der Waals surface area contributed by atoms with Crippen LogP contribution < -0.4 is 0 Å². The van der Waals surface area contributed by atoms with Gasteiger partial charge in [0.25, 0.3) is 0 Å². The third-order valence-electron chi connectivity index (χ3n) is 2.48. The van der Waals surface area contributed by atoms with Gasteiger partial charge in [0.05, 0.1) is 6.42 Å². The van der Waals surface area contributed by atoms with Gasteiger partial charge in [0.2, 0.25) is 0 Å². The number of halogens is 1. The van der Waals surface area contributed by atoms with Crippen molar-refractivity contribution in [1.82, 2.24) is 4.98 Å². The summed E-state index contributed by atoms with van der Waals surface area (Å²) in [7, 11) is 0. The summed E-state index contributed by atoms with van der Waals surface area (Å²) >= 11 is 0. The molecule has 1 aromatic heterocycles. The smallest absolute Gasteiger partial charge is 0.168 e. The number of ketones is 1. The molecule has 0 aliphatic rings. The molecule has 0 spiro atoms. The highest BCUT2D eigenvalue weighted by molar-refractivity contribution is 5.97. The van der Waals surface area contributed by atoms with Crippen molar-refractivity contribution in [2.24, 2.45) is 0 Å². The van der Waals surface area contributed by atoms with Crippen molar-refractivity contribution in [1.29, 1.82) is 0 Å². The largest absolute Gasteiger partial charge is 0.294 e. The molecule has 86 valence electrons. The van der Waals surface area contributed by atoms with Gasteiger partial charge in [0.1, 0.15) is 5.82 Å². The van der Waals surface area contributed by atoms with Crippen LogP contribution in [-0.2, 0) is 6.42 Å². The Morgan fingerprint density at radius 2 is 1.88 bits per heavy atom. The molecule has 0 bridgehead atoms. The summed E-state index contributed by atoms with van der Waals surface area (Å²) < 4.78 is 12.7. The molecule has 0 N–H and O–H groups in total. The molecule has 0 amide bonds. The molecule has 0 atom stereocenters. The Hall–Kier alpha value is -2.03. The van der Waals surface area contributed by atoms with Gasteiger partial charge in [-0.15, -0.1) is 0 Å². The van der Waals surface area contributed by atoms with Crippen LogP contribution in [0.25, 0.3) is 0 Å². The lowest BCUT2D eigenvalue weighted by molar-refractivity contribution is 0.0992. The Morgan fingerprint density at radius 1 is 1.18 bits per heavy atom. The van der Waals surface area contributed by atoms with E-state index < -0.39 is 0 Å². The molecule has 0 radical (unpaired) electrons. The van der Waals surface area contributed by atoms with Crippen LogP contribution in [-0.4, -0.2) is 10.8 Å². The summed E-state index contributed by atoms with van der Waals surface area (Å²) in [5.74, 6) is -0.392. The number of Topliss-reactive ketones (excluding diaryl/α,β-unsaturated/α-hetero) is 1. The van der Waals surface area contributed by atoms with E-state index in [9.17, 15) is 9.18 Å². The van der Waals surface area contributed by atoms with E-state index in [0.717, 1.165) is 11.3 Å². The minimum Gasteiger partial charge on any atom is -0.294 e.